The van der Waals surface area contributed by atoms with Crippen molar-refractivity contribution >= 4 is 23.4 Å². The van der Waals surface area contributed by atoms with Gasteiger partial charge in [0.05, 0.1) is 7.11 Å². The first kappa shape index (κ1) is 21.4. The van der Waals surface area contributed by atoms with Crippen molar-refractivity contribution < 1.29 is 19.1 Å². The van der Waals surface area contributed by atoms with Crippen molar-refractivity contribution in [1.29, 1.82) is 0 Å². The SMILES string of the molecule is COc1ccc(C(=O)Nc2cccc(C(=O)N3CCCC3C(=O)NC(C)C)c2)cc1. The molecule has 0 saturated carbocycles. The molecule has 1 fully saturated rings. The number of methoxy groups -OCH3 is 1. The van der Waals surface area contributed by atoms with Crippen LogP contribution >= 0.6 is 0 Å². The molecule has 30 heavy (non-hydrogen) atoms. The quantitative estimate of drug-likeness (QED) is 0.768. The standard InChI is InChI=1S/C23H27N3O4/c1-15(2)24-22(28)20-8-5-13-26(20)23(29)17-6-4-7-18(14-17)25-21(27)16-9-11-19(30-3)12-10-16/h4,6-7,9-12,14-15,20H,5,8,13H2,1-3H3,(H,24,28)(H,25,27). The van der Waals surface area contributed by atoms with E-state index in [0.29, 0.717) is 35.5 Å². The number of nitrogens with one attached hydrogen (secondary N) is 2. The third-order valence-corrected chi connectivity index (χ3v) is 4.97. The van der Waals surface area contributed by atoms with Gasteiger partial charge in [-0.15, -0.1) is 0 Å². The maximum atomic E-state index is 13.0. The molecule has 1 saturated heterocycles. The molecule has 7 nitrogen and oxygen atoms in total. The Kier molecular flexibility index (Phi) is 6.72. The van der Waals surface area contributed by atoms with Crippen molar-refractivity contribution in [3.8, 4) is 5.75 Å². The van der Waals surface area contributed by atoms with Crippen LogP contribution in [0.5, 0.6) is 5.75 Å². The fourth-order valence-corrected chi connectivity index (χ4v) is 3.50. The van der Waals surface area contributed by atoms with Crippen molar-refractivity contribution in [1.82, 2.24) is 10.2 Å². The Labute approximate surface area is 176 Å². The molecule has 3 amide bonds. The van der Waals surface area contributed by atoms with Gasteiger partial charge in [0.25, 0.3) is 11.8 Å². The van der Waals surface area contributed by atoms with Gasteiger partial charge in [0.1, 0.15) is 11.8 Å². The highest BCUT2D eigenvalue weighted by atomic mass is 16.5. The molecule has 2 aromatic rings. The van der Waals surface area contributed by atoms with E-state index in [1.165, 1.54) is 0 Å². The van der Waals surface area contributed by atoms with E-state index < -0.39 is 6.04 Å². The van der Waals surface area contributed by atoms with Gasteiger partial charge in [-0.3, -0.25) is 14.4 Å². The van der Waals surface area contributed by atoms with Gasteiger partial charge >= 0.3 is 0 Å². The van der Waals surface area contributed by atoms with E-state index >= 15 is 0 Å². The van der Waals surface area contributed by atoms with Crippen LogP contribution in [0.3, 0.4) is 0 Å². The van der Waals surface area contributed by atoms with Crippen molar-refractivity contribution in [3.05, 3.63) is 59.7 Å². The van der Waals surface area contributed by atoms with Crippen molar-refractivity contribution in [2.24, 2.45) is 0 Å². The number of hydrogen-bond donors (Lipinski definition) is 2. The van der Waals surface area contributed by atoms with Crippen LogP contribution in [-0.4, -0.2) is 48.4 Å². The summed E-state index contributed by atoms with van der Waals surface area (Å²) in [4.78, 5) is 39.6. The summed E-state index contributed by atoms with van der Waals surface area (Å²) in [6.07, 6.45) is 1.44. The Morgan fingerprint density at radius 1 is 1.07 bits per heavy atom. The summed E-state index contributed by atoms with van der Waals surface area (Å²) in [5.74, 6) is 0.0511. The lowest BCUT2D eigenvalue weighted by Crippen LogP contribution is -2.47. The molecule has 158 valence electrons. The topological polar surface area (TPSA) is 87.7 Å². The van der Waals surface area contributed by atoms with Gasteiger partial charge in [-0.2, -0.15) is 0 Å². The number of amides is 3. The number of carbonyl (C=O) groups excluding carboxylic acids is 3. The van der Waals surface area contributed by atoms with Gasteiger partial charge in [-0.1, -0.05) is 6.07 Å². The molecule has 1 unspecified atom stereocenters. The molecule has 1 aliphatic rings. The van der Waals surface area contributed by atoms with E-state index in [1.807, 2.05) is 13.8 Å². The van der Waals surface area contributed by atoms with Crippen LogP contribution < -0.4 is 15.4 Å². The summed E-state index contributed by atoms with van der Waals surface area (Å²) in [6, 6.07) is 13.1. The minimum absolute atomic E-state index is 0.0200. The molecule has 0 radical (unpaired) electrons. The van der Waals surface area contributed by atoms with Gasteiger partial charge < -0.3 is 20.3 Å². The molecule has 0 bridgehead atoms. The third-order valence-electron chi connectivity index (χ3n) is 4.97. The number of benzene rings is 2. The van der Waals surface area contributed by atoms with Gasteiger partial charge in [-0.05, 0) is 69.2 Å². The number of anilines is 1. The fraction of sp³-hybridized carbons (Fsp3) is 0.348. The van der Waals surface area contributed by atoms with Crippen LogP contribution in [0, 0.1) is 0 Å². The Hall–Kier alpha value is -3.35. The average Bonchev–Trinajstić information content (AvgIpc) is 3.23. The van der Waals surface area contributed by atoms with Crippen molar-refractivity contribution in [2.75, 3.05) is 19.0 Å². The third kappa shape index (κ3) is 4.97. The van der Waals surface area contributed by atoms with Gasteiger partial charge in [0.2, 0.25) is 5.91 Å². The molecule has 1 aliphatic heterocycles. The molecular formula is C23H27N3O4. The van der Waals surface area contributed by atoms with E-state index in [0.717, 1.165) is 6.42 Å². The predicted octanol–water partition coefficient (Wildman–Crippen LogP) is 3.08. The largest absolute Gasteiger partial charge is 0.497 e. The van der Waals surface area contributed by atoms with Crippen LogP contribution in [0.1, 0.15) is 47.4 Å². The molecule has 2 N–H and O–H groups in total. The van der Waals surface area contributed by atoms with E-state index in [1.54, 1.807) is 60.5 Å². The first-order chi connectivity index (χ1) is 14.4. The molecule has 1 heterocycles. The zero-order valence-electron chi connectivity index (χ0n) is 17.5. The van der Waals surface area contributed by atoms with Gasteiger partial charge in [0.15, 0.2) is 0 Å². The lowest BCUT2D eigenvalue weighted by Gasteiger charge is -2.25. The van der Waals surface area contributed by atoms with Crippen molar-refractivity contribution in [2.45, 2.75) is 38.8 Å². The van der Waals surface area contributed by atoms with Crippen LogP contribution in [0.15, 0.2) is 48.5 Å². The second-order valence-electron chi connectivity index (χ2n) is 7.58. The number of hydrogen-bond acceptors (Lipinski definition) is 4. The average molecular weight is 409 g/mol. The van der Waals surface area contributed by atoms with E-state index in [4.69, 9.17) is 4.74 Å². The first-order valence-electron chi connectivity index (χ1n) is 10.1. The second kappa shape index (κ2) is 9.43. The Balaban J connectivity index is 1.71. The zero-order valence-corrected chi connectivity index (χ0v) is 17.5. The highest BCUT2D eigenvalue weighted by Gasteiger charge is 2.34. The van der Waals surface area contributed by atoms with E-state index in [2.05, 4.69) is 10.6 Å². The highest BCUT2D eigenvalue weighted by molar-refractivity contribution is 6.05. The summed E-state index contributed by atoms with van der Waals surface area (Å²) in [7, 11) is 1.56. The van der Waals surface area contributed by atoms with E-state index in [-0.39, 0.29) is 23.8 Å². The minimum Gasteiger partial charge on any atom is -0.497 e. The lowest BCUT2D eigenvalue weighted by molar-refractivity contribution is -0.125. The monoisotopic (exact) mass is 409 g/mol. The molecule has 0 aliphatic carbocycles. The maximum absolute atomic E-state index is 13.0. The Morgan fingerprint density at radius 3 is 2.47 bits per heavy atom. The molecule has 3 rings (SSSR count). The van der Waals surface area contributed by atoms with Crippen molar-refractivity contribution in [3.63, 3.8) is 0 Å². The molecule has 1 atom stereocenters. The molecule has 0 aromatic heterocycles. The Morgan fingerprint density at radius 2 is 1.80 bits per heavy atom. The number of carbonyl (C=O) groups is 3. The maximum Gasteiger partial charge on any atom is 0.255 e. The fourth-order valence-electron chi connectivity index (χ4n) is 3.50. The second-order valence-corrected chi connectivity index (χ2v) is 7.58. The summed E-state index contributed by atoms with van der Waals surface area (Å²) in [5, 5.41) is 5.70. The Bertz CT molecular complexity index is 924. The minimum atomic E-state index is -0.461. The number of ether oxygens (including phenoxy) is 1. The zero-order chi connectivity index (χ0) is 21.7. The smallest absolute Gasteiger partial charge is 0.255 e. The summed E-state index contributed by atoms with van der Waals surface area (Å²) in [5.41, 5.74) is 1.44. The summed E-state index contributed by atoms with van der Waals surface area (Å²) < 4.78 is 5.10. The van der Waals surface area contributed by atoms with Crippen LogP contribution in [0.25, 0.3) is 0 Å². The van der Waals surface area contributed by atoms with Crippen LogP contribution in [-0.2, 0) is 4.79 Å². The number of nitrogens with zero attached hydrogens (tertiary/aromatic N) is 1. The predicted molar refractivity (Wildman–Crippen MR) is 115 cm³/mol. The lowest BCUT2D eigenvalue weighted by atomic mass is 10.1. The van der Waals surface area contributed by atoms with Crippen LogP contribution in [0.4, 0.5) is 5.69 Å². The number of likely N-dealkylation sites (tertiary alicyclic amines) is 1. The molecule has 7 heteroatoms. The number of rotatable bonds is 6. The van der Waals surface area contributed by atoms with Crippen LogP contribution in [0.2, 0.25) is 0 Å². The molecular weight excluding hydrogens is 382 g/mol. The molecule has 2 aromatic carbocycles. The van der Waals surface area contributed by atoms with Gasteiger partial charge in [0, 0.05) is 29.4 Å². The van der Waals surface area contributed by atoms with E-state index in [9.17, 15) is 14.4 Å². The summed E-state index contributed by atoms with van der Waals surface area (Å²) in [6.45, 7) is 4.33. The first-order valence-corrected chi connectivity index (χ1v) is 10.1. The van der Waals surface area contributed by atoms with Gasteiger partial charge in [-0.25, -0.2) is 0 Å². The summed E-state index contributed by atoms with van der Waals surface area (Å²) >= 11 is 0. The molecule has 0 spiro atoms. The normalized spacial score (nSPS) is 15.7. The highest BCUT2D eigenvalue weighted by Crippen LogP contribution is 2.22.